The Kier molecular flexibility index (Phi) is 4.25. The molecule has 0 aliphatic rings. The van der Waals surface area contributed by atoms with Gasteiger partial charge in [-0.1, -0.05) is 6.92 Å². The molecule has 0 unspecified atom stereocenters. The maximum Gasteiger partial charge on any atom is 0.325 e. The Bertz CT molecular complexity index is 426. The van der Waals surface area contributed by atoms with E-state index in [2.05, 4.69) is 9.84 Å². The summed E-state index contributed by atoms with van der Waals surface area (Å²) in [4.78, 5) is 24.4. The van der Waals surface area contributed by atoms with Gasteiger partial charge in [0.05, 0.1) is 12.8 Å². The fourth-order valence-corrected chi connectivity index (χ4v) is 1.43. The molecule has 0 saturated heterocycles. The van der Waals surface area contributed by atoms with Crippen molar-refractivity contribution in [3.8, 4) is 0 Å². The average Bonchev–Trinajstić information content (AvgIpc) is 2.69. The molecule has 1 amide bonds. The highest BCUT2D eigenvalue weighted by Gasteiger charge is 2.19. The molecule has 0 spiro atoms. The minimum absolute atomic E-state index is 0.0675. The Morgan fingerprint density at radius 3 is 2.65 bits per heavy atom. The number of hydrogen-bond donors (Lipinski definition) is 0. The molecule has 0 N–H and O–H groups in total. The molecule has 0 aliphatic heterocycles. The van der Waals surface area contributed by atoms with Gasteiger partial charge < -0.3 is 9.64 Å². The van der Waals surface area contributed by atoms with Gasteiger partial charge in [0.1, 0.15) is 12.2 Å². The Morgan fingerprint density at radius 2 is 2.18 bits per heavy atom. The molecule has 1 aromatic rings. The van der Waals surface area contributed by atoms with E-state index in [1.165, 1.54) is 16.7 Å². The van der Waals surface area contributed by atoms with Gasteiger partial charge in [-0.05, 0) is 12.5 Å². The van der Waals surface area contributed by atoms with Gasteiger partial charge in [0.2, 0.25) is 0 Å². The summed E-state index contributed by atoms with van der Waals surface area (Å²) in [7, 11) is 4.55. The van der Waals surface area contributed by atoms with Gasteiger partial charge in [-0.25, -0.2) is 0 Å². The van der Waals surface area contributed by atoms with Crippen LogP contribution in [-0.4, -0.2) is 47.3 Å². The summed E-state index contributed by atoms with van der Waals surface area (Å²) in [5, 5.41) is 4.18. The molecule has 0 aromatic carbocycles. The third-order valence-electron chi connectivity index (χ3n) is 2.45. The summed E-state index contributed by atoms with van der Waals surface area (Å²) < 4.78 is 6.03. The van der Waals surface area contributed by atoms with Crippen molar-refractivity contribution in [2.75, 3.05) is 20.7 Å². The van der Waals surface area contributed by atoms with E-state index in [0.717, 1.165) is 12.1 Å². The lowest BCUT2D eigenvalue weighted by atomic mass is 10.3. The van der Waals surface area contributed by atoms with Crippen LogP contribution in [0.25, 0.3) is 0 Å². The fraction of sp³-hybridized carbons (Fsp3) is 0.545. The molecular formula is C11H17N3O3. The molecule has 17 heavy (non-hydrogen) atoms. The van der Waals surface area contributed by atoms with Crippen molar-refractivity contribution in [1.29, 1.82) is 0 Å². The quantitative estimate of drug-likeness (QED) is 0.705. The van der Waals surface area contributed by atoms with Gasteiger partial charge in [0.25, 0.3) is 5.91 Å². The monoisotopic (exact) mass is 239 g/mol. The zero-order valence-corrected chi connectivity index (χ0v) is 10.6. The van der Waals surface area contributed by atoms with Gasteiger partial charge in [0, 0.05) is 14.1 Å². The topological polar surface area (TPSA) is 64.4 Å². The molecule has 94 valence electrons. The summed E-state index contributed by atoms with van der Waals surface area (Å²) in [6.45, 7) is 1.90. The van der Waals surface area contributed by atoms with Crippen LogP contribution in [0.3, 0.4) is 0 Å². The van der Waals surface area contributed by atoms with Crippen molar-refractivity contribution in [3.05, 3.63) is 17.5 Å². The molecule has 1 rings (SSSR count). The van der Waals surface area contributed by atoms with Crippen molar-refractivity contribution in [1.82, 2.24) is 14.7 Å². The number of nitrogens with zero attached hydrogens (tertiary/aromatic N) is 3. The Morgan fingerprint density at radius 1 is 1.53 bits per heavy atom. The number of methoxy groups -OCH3 is 1. The molecule has 6 nitrogen and oxygen atoms in total. The minimum atomic E-state index is -0.446. The standard InChI is InChI=1S/C11H17N3O3/c1-5-8-6-9(14(3)12-8)11(16)13(2)7-10(15)17-4/h6H,5,7H2,1-4H3. The molecular weight excluding hydrogens is 222 g/mol. The number of rotatable bonds is 4. The smallest absolute Gasteiger partial charge is 0.325 e. The fourth-order valence-electron chi connectivity index (χ4n) is 1.43. The van der Waals surface area contributed by atoms with Crippen molar-refractivity contribution < 1.29 is 14.3 Å². The highest BCUT2D eigenvalue weighted by Crippen LogP contribution is 2.06. The summed E-state index contributed by atoms with van der Waals surface area (Å²) in [6, 6.07) is 1.73. The molecule has 6 heteroatoms. The molecule has 0 fully saturated rings. The average molecular weight is 239 g/mol. The predicted molar refractivity (Wildman–Crippen MR) is 61.6 cm³/mol. The second-order valence-corrected chi connectivity index (χ2v) is 3.74. The molecule has 0 bridgehead atoms. The first-order chi connectivity index (χ1) is 7.99. The second kappa shape index (κ2) is 5.47. The maximum atomic E-state index is 12.0. The van der Waals surface area contributed by atoms with E-state index in [1.54, 1.807) is 20.2 Å². The molecule has 1 heterocycles. The summed E-state index contributed by atoms with van der Waals surface area (Å²) in [5.74, 6) is -0.691. The normalized spacial score (nSPS) is 10.1. The Labute approximate surface area is 100 Å². The van der Waals surface area contributed by atoms with E-state index in [1.807, 2.05) is 6.92 Å². The highest BCUT2D eigenvalue weighted by molar-refractivity contribution is 5.94. The van der Waals surface area contributed by atoms with E-state index in [4.69, 9.17) is 0 Å². The number of carbonyl (C=O) groups excluding carboxylic acids is 2. The van der Waals surface area contributed by atoms with Gasteiger partial charge in [-0.15, -0.1) is 0 Å². The number of likely N-dealkylation sites (N-methyl/N-ethyl adjacent to an activating group) is 1. The number of amides is 1. The first kappa shape index (κ1) is 13.2. The first-order valence-electron chi connectivity index (χ1n) is 5.34. The van der Waals surface area contributed by atoms with Gasteiger partial charge >= 0.3 is 5.97 Å². The van der Waals surface area contributed by atoms with Gasteiger partial charge in [-0.2, -0.15) is 5.10 Å². The van der Waals surface area contributed by atoms with Crippen LogP contribution in [0.5, 0.6) is 0 Å². The number of aromatic nitrogens is 2. The van der Waals surface area contributed by atoms with Crippen LogP contribution in [0.15, 0.2) is 6.07 Å². The van der Waals surface area contributed by atoms with Crippen LogP contribution in [-0.2, 0) is 23.0 Å². The number of hydrogen-bond acceptors (Lipinski definition) is 4. The van der Waals surface area contributed by atoms with Gasteiger partial charge in [-0.3, -0.25) is 14.3 Å². The van der Waals surface area contributed by atoms with Gasteiger partial charge in [0.15, 0.2) is 0 Å². The van der Waals surface area contributed by atoms with Crippen molar-refractivity contribution in [3.63, 3.8) is 0 Å². The van der Waals surface area contributed by atoms with Crippen LogP contribution < -0.4 is 0 Å². The molecule has 1 aromatic heterocycles. The summed E-state index contributed by atoms with van der Waals surface area (Å²) >= 11 is 0. The SMILES string of the molecule is CCc1cc(C(=O)N(C)CC(=O)OC)n(C)n1. The van der Waals surface area contributed by atoms with E-state index < -0.39 is 5.97 Å². The number of ether oxygens (including phenoxy) is 1. The number of aryl methyl sites for hydroxylation is 2. The summed E-state index contributed by atoms with van der Waals surface area (Å²) in [6.07, 6.45) is 0.766. The number of esters is 1. The van der Waals surface area contributed by atoms with Crippen molar-refractivity contribution >= 4 is 11.9 Å². The lowest BCUT2D eigenvalue weighted by Crippen LogP contribution is -2.33. The predicted octanol–water partition coefficient (Wildman–Crippen LogP) is 0.227. The maximum absolute atomic E-state index is 12.0. The largest absolute Gasteiger partial charge is 0.468 e. The molecule has 0 atom stereocenters. The van der Waals surface area contributed by atoms with E-state index in [0.29, 0.717) is 5.69 Å². The highest BCUT2D eigenvalue weighted by atomic mass is 16.5. The first-order valence-corrected chi connectivity index (χ1v) is 5.34. The molecule has 0 aliphatic carbocycles. The van der Waals surface area contributed by atoms with Crippen LogP contribution in [0, 0.1) is 0 Å². The molecule has 0 saturated carbocycles. The summed E-state index contributed by atoms with van der Waals surface area (Å²) in [5.41, 5.74) is 1.32. The third-order valence-corrected chi connectivity index (χ3v) is 2.45. The number of carbonyl (C=O) groups is 2. The van der Waals surface area contributed by atoms with Crippen molar-refractivity contribution in [2.24, 2.45) is 7.05 Å². The Hall–Kier alpha value is -1.85. The second-order valence-electron chi connectivity index (χ2n) is 3.74. The zero-order chi connectivity index (χ0) is 13.0. The van der Waals surface area contributed by atoms with Crippen LogP contribution in [0.4, 0.5) is 0 Å². The van der Waals surface area contributed by atoms with E-state index >= 15 is 0 Å². The Balaban J connectivity index is 2.81. The van der Waals surface area contributed by atoms with Crippen molar-refractivity contribution in [2.45, 2.75) is 13.3 Å². The van der Waals surface area contributed by atoms with Crippen LogP contribution in [0.2, 0.25) is 0 Å². The molecule has 0 radical (unpaired) electrons. The van der Waals surface area contributed by atoms with E-state index in [-0.39, 0.29) is 12.5 Å². The van der Waals surface area contributed by atoms with E-state index in [9.17, 15) is 9.59 Å². The van der Waals surface area contributed by atoms with Crippen LogP contribution >= 0.6 is 0 Å². The zero-order valence-electron chi connectivity index (χ0n) is 10.6. The minimum Gasteiger partial charge on any atom is -0.468 e. The lowest BCUT2D eigenvalue weighted by molar-refractivity contribution is -0.141. The van der Waals surface area contributed by atoms with Crippen LogP contribution in [0.1, 0.15) is 23.1 Å². The lowest BCUT2D eigenvalue weighted by Gasteiger charge is -2.15. The third kappa shape index (κ3) is 3.05.